The first-order valence-corrected chi connectivity index (χ1v) is 6.15. The van der Waals surface area contributed by atoms with Gasteiger partial charge >= 0.3 is 0 Å². The summed E-state index contributed by atoms with van der Waals surface area (Å²) in [4.78, 5) is 13.6. The zero-order chi connectivity index (χ0) is 10.8. The molecule has 0 fully saturated rings. The van der Waals surface area contributed by atoms with Crippen LogP contribution in [-0.4, -0.2) is 30.7 Å². The van der Waals surface area contributed by atoms with E-state index in [1.165, 1.54) is 11.1 Å². The molecule has 0 N–H and O–H groups in total. The minimum Gasteiger partial charge on any atom is -0.348 e. The van der Waals surface area contributed by atoms with Crippen molar-refractivity contribution in [2.45, 2.75) is 11.7 Å². The van der Waals surface area contributed by atoms with Crippen LogP contribution in [0.15, 0.2) is 24.3 Å². The fourth-order valence-corrected chi connectivity index (χ4v) is 3.17. The Hall–Kier alpha value is -0.960. The summed E-state index contributed by atoms with van der Waals surface area (Å²) in [5.41, 5.74) is 2.53. The Kier molecular flexibility index (Phi) is 3.00. The molecule has 0 unspecified atom stereocenters. The van der Waals surface area contributed by atoms with E-state index in [1.807, 2.05) is 26.2 Å². The SMILES string of the molecule is CN(C)C(=O)[C@@H]1SCCc2ccccc21. The van der Waals surface area contributed by atoms with Crippen LogP contribution in [-0.2, 0) is 11.2 Å². The number of fused-ring (bicyclic) bond motifs is 1. The lowest BCUT2D eigenvalue weighted by Crippen LogP contribution is -2.29. The molecule has 1 aromatic carbocycles. The van der Waals surface area contributed by atoms with Gasteiger partial charge in [0.05, 0.1) is 0 Å². The van der Waals surface area contributed by atoms with E-state index in [4.69, 9.17) is 0 Å². The Morgan fingerprint density at radius 3 is 2.87 bits per heavy atom. The van der Waals surface area contributed by atoms with Crippen molar-refractivity contribution in [2.24, 2.45) is 0 Å². The van der Waals surface area contributed by atoms with Gasteiger partial charge in [0, 0.05) is 14.1 Å². The van der Waals surface area contributed by atoms with E-state index in [2.05, 4.69) is 12.1 Å². The highest BCUT2D eigenvalue weighted by atomic mass is 32.2. The standard InChI is InChI=1S/C12H15NOS/c1-13(2)12(14)11-10-6-4-3-5-9(10)7-8-15-11/h3-6,11H,7-8H2,1-2H3/t11-/m1/s1. The summed E-state index contributed by atoms with van der Waals surface area (Å²) in [6.07, 6.45) is 1.08. The number of hydrogen-bond donors (Lipinski definition) is 0. The largest absolute Gasteiger partial charge is 0.348 e. The van der Waals surface area contributed by atoms with E-state index >= 15 is 0 Å². The Morgan fingerprint density at radius 2 is 2.13 bits per heavy atom. The molecule has 0 radical (unpaired) electrons. The van der Waals surface area contributed by atoms with Crippen LogP contribution in [0.1, 0.15) is 16.4 Å². The van der Waals surface area contributed by atoms with Crippen molar-refractivity contribution in [1.82, 2.24) is 4.90 Å². The Labute approximate surface area is 94.7 Å². The van der Waals surface area contributed by atoms with Crippen molar-refractivity contribution < 1.29 is 4.79 Å². The van der Waals surface area contributed by atoms with Gasteiger partial charge in [0.1, 0.15) is 5.25 Å². The summed E-state index contributed by atoms with van der Waals surface area (Å²) >= 11 is 1.75. The molecule has 3 heteroatoms. The average Bonchev–Trinajstić information content (AvgIpc) is 2.27. The van der Waals surface area contributed by atoms with Crippen molar-refractivity contribution >= 4 is 17.7 Å². The molecule has 1 aliphatic heterocycles. The third-order valence-corrected chi connectivity index (χ3v) is 3.89. The van der Waals surface area contributed by atoms with Crippen LogP contribution in [0, 0.1) is 0 Å². The molecule has 0 bridgehead atoms. The first-order valence-electron chi connectivity index (χ1n) is 5.10. The lowest BCUT2D eigenvalue weighted by molar-refractivity contribution is -0.128. The van der Waals surface area contributed by atoms with Gasteiger partial charge in [-0.05, 0) is 23.3 Å². The highest BCUT2D eigenvalue weighted by Crippen LogP contribution is 2.37. The van der Waals surface area contributed by atoms with E-state index in [1.54, 1.807) is 16.7 Å². The van der Waals surface area contributed by atoms with Gasteiger partial charge < -0.3 is 4.90 Å². The van der Waals surface area contributed by atoms with Crippen molar-refractivity contribution in [1.29, 1.82) is 0 Å². The average molecular weight is 221 g/mol. The number of nitrogens with zero attached hydrogens (tertiary/aromatic N) is 1. The quantitative estimate of drug-likeness (QED) is 0.724. The molecule has 1 aromatic rings. The molecule has 0 saturated carbocycles. The van der Waals surface area contributed by atoms with Crippen LogP contribution in [0.5, 0.6) is 0 Å². The van der Waals surface area contributed by atoms with Gasteiger partial charge in [0.15, 0.2) is 0 Å². The van der Waals surface area contributed by atoms with Crippen LogP contribution in [0.2, 0.25) is 0 Å². The monoisotopic (exact) mass is 221 g/mol. The highest BCUT2D eigenvalue weighted by Gasteiger charge is 2.27. The summed E-state index contributed by atoms with van der Waals surface area (Å²) in [7, 11) is 3.64. The molecule has 1 atom stereocenters. The van der Waals surface area contributed by atoms with E-state index < -0.39 is 0 Å². The topological polar surface area (TPSA) is 20.3 Å². The molecule has 80 valence electrons. The lowest BCUT2D eigenvalue weighted by atomic mass is 10.0. The predicted molar refractivity (Wildman–Crippen MR) is 64.0 cm³/mol. The van der Waals surface area contributed by atoms with Crippen molar-refractivity contribution in [3.8, 4) is 0 Å². The Balaban J connectivity index is 2.34. The van der Waals surface area contributed by atoms with Crippen LogP contribution in [0.25, 0.3) is 0 Å². The third-order valence-electron chi connectivity index (χ3n) is 2.66. The number of thioether (sulfide) groups is 1. The number of benzene rings is 1. The Bertz CT molecular complexity index is 376. The molecule has 2 rings (SSSR count). The number of likely N-dealkylation sites (N-methyl/N-ethyl adjacent to an activating group) is 1. The number of carbonyl (C=O) groups excluding carboxylic acids is 1. The third kappa shape index (κ3) is 2.02. The minimum absolute atomic E-state index is 0.00458. The summed E-state index contributed by atoms with van der Waals surface area (Å²) in [5.74, 6) is 1.24. The van der Waals surface area contributed by atoms with Crippen LogP contribution < -0.4 is 0 Å². The zero-order valence-electron chi connectivity index (χ0n) is 9.06. The fraction of sp³-hybridized carbons (Fsp3) is 0.417. The van der Waals surface area contributed by atoms with Gasteiger partial charge in [0.2, 0.25) is 5.91 Å². The van der Waals surface area contributed by atoms with Crippen LogP contribution >= 0.6 is 11.8 Å². The number of hydrogen-bond acceptors (Lipinski definition) is 2. The van der Waals surface area contributed by atoms with Gasteiger partial charge in [-0.3, -0.25) is 4.79 Å². The second-order valence-electron chi connectivity index (χ2n) is 3.93. The van der Waals surface area contributed by atoms with E-state index in [0.29, 0.717) is 0 Å². The molecular formula is C12H15NOS. The molecular weight excluding hydrogens is 206 g/mol. The molecule has 1 amide bonds. The second kappa shape index (κ2) is 4.27. The van der Waals surface area contributed by atoms with Crippen LogP contribution in [0.4, 0.5) is 0 Å². The summed E-state index contributed by atoms with van der Waals surface area (Å²) < 4.78 is 0. The van der Waals surface area contributed by atoms with E-state index in [-0.39, 0.29) is 11.2 Å². The van der Waals surface area contributed by atoms with E-state index in [0.717, 1.165) is 12.2 Å². The van der Waals surface area contributed by atoms with Crippen molar-refractivity contribution in [2.75, 3.05) is 19.8 Å². The summed E-state index contributed by atoms with van der Waals surface area (Å²) in [6, 6.07) is 8.27. The predicted octanol–water partition coefficient (Wildman–Crippen LogP) is 2.11. The smallest absolute Gasteiger partial charge is 0.239 e. The normalized spacial score (nSPS) is 19.5. The van der Waals surface area contributed by atoms with E-state index in [9.17, 15) is 4.79 Å². The number of amides is 1. The maximum Gasteiger partial charge on any atom is 0.239 e. The molecule has 0 spiro atoms. The maximum absolute atomic E-state index is 12.0. The van der Waals surface area contributed by atoms with Gasteiger partial charge in [-0.2, -0.15) is 0 Å². The maximum atomic E-state index is 12.0. The Morgan fingerprint density at radius 1 is 1.40 bits per heavy atom. The first-order chi connectivity index (χ1) is 7.20. The summed E-state index contributed by atoms with van der Waals surface area (Å²) in [6.45, 7) is 0. The molecule has 2 nitrogen and oxygen atoms in total. The van der Waals surface area contributed by atoms with Crippen LogP contribution in [0.3, 0.4) is 0 Å². The van der Waals surface area contributed by atoms with Gasteiger partial charge in [-0.25, -0.2) is 0 Å². The highest BCUT2D eigenvalue weighted by molar-refractivity contribution is 8.00. The number of rotatable bonds is 1. The molecule has 0 aromatic heterocycles. The summed E-state index contributed by atoms with van der Waals surface area (Å²) in [5, 5.41) is 0.00458. The molecule has 0 aliphatic carbocycles. The van der Waals surface area contributed by atoms with Gasteiger partial charge in [0.25, 0.3) is 0 Å². The number of carbonyl (C=O) groups is 1. The van der Waals surface area contributed by atoms with Gasteiger partial charge in [-0.1, -0.05) is 24.3 Å². The number of aryl methyl sites for hydroxylation is 1. The molecule has 1 heterocycles. The first kappa shape index (κ1) is 10.6. The fourth-order valence-electron chi connectivity index (χ4n) is 1.83. The zero-order valence-corrected chi connectivity index (χ0v) is 9.88. The minimum atomic E-state index is 0.00458. The molecule has 1 aliphatic rings. The lowest BCUT2D eigenvalue weighted by Gasteiger charge is -2.26. The molecule has 0 saturated heterocycles. The second-order valence-corrected chi connectivity index (χ2v) is 5.15. The van der Waals surface area contributed by atoms with Crippen molar-refractivity contribution in [3.05, 3.63) is 35.4 Å². The van der Waals surface area contributed by atoms with Crippen molar-refractivity contribution in [3.63, 3.8) is 0 Å². The molecule has 15 heavy (non-hydrogen) atoms. The van der Waals surface area contributed by atoms with Gasteiger partial charge in [-0.15, -0.1) is 11.8 Å².